The number of rotatable bonds is 3. The van der Waals surface area contributed by atoms with E-state index in [2.05, 4.69) is 26.2 Å². The minimum absolute atomic E-state index is 0.0913. The van der Waals surface area contributed by atoms with Gasteiger partial charge in [-0.05, 0) is 40.2 Å². The molecule has 2 aromatic rings. The molecule has 2 rings (SSSR count). The molecule has 0 spiro atoms. The van der Waals surface area contributed by atoms with Crippen LogP contribution in [0.25, 0.3) is 0 Å². The van der Waals surface area contributed by atoms with E-state index in [0.29, 0.717) is 5.82 Å². The van der Waals surface area contributed by atoms with E-state index < -0.39 is 10.8 Å². The Kier molecular flexibility index (Phi) is 4.31. The smallest absolute Gasteiger partial charge is 0.287 e. The van der Waals surface area contributed by atoms with Crippen LogP contribution in [-0.2, 0) is 0 Å². The first kappa shape index (κ1) is 14.4. The number of nitrogens with zero attached hydrogens (tertiary/aromatic N) is 2. The Morgan fingerprint density at radius 1 is 1.35 bits per heavy atom. The number of carbonyl (C=O) groups excluding carboxylic acids is 1. The first-order valence-corrected chi connectivity index (χ1v) is 6.51. The fraction of sp³-hybridized carbons (Fsp3) is 0. The van der Waals surface area contributed by atoms with Crippen molar-refractivity contribution in [2.75, 3.05) is 5.32 Å². The van der Waals surface area contributed by atoms with Crippen molar-refractivity contribution in [1.82, 2.24) is 4.98 Å². The van der Waals surface area contributed by atoms with Crippen molar-refractivity contribution >= 4 is 44.9 Å². The summed E-state index contributed by atoms with van der Waals surface area (Å²) in [4.78, 5) is 26.0. The van der Waals surface area contributed by atoms with Crippen LogP contribution in [-0.4, -0.2) is 15.8 Å². The standard InChI is InChI=1S/C12H7BrClN3O3/c13-8-2-4-11(15-6-8)16-12(18)7-1-3-10(17(19)20)9(14)5-7/h1-6H,(H,15,16,18). The van der Waals surface area contributed by atoms with Crippen LogP contribution in [0.4, 0.5) is 11.5 Å². The molecule has 20 heavy (non-hydrogen) atoms. The fourth-order valence-electron chi connectivity index (χ4n) is 1.43. The fourth-order valence-corrected chi connectivity index (χ4v) is 1.92. The van der Waals surface area contributed by atoms with Gasteiger partial charge in [-0.3, -0.25) is 14.9 Å². The number of hydrogen-bond donors (Lipinski definition) is 1. The minimum Gasteiger partial charge on any atom is -0.307 e. The normalized spacial score (nSPS) is 10.1. The van der Waals surface area contributed by atoms with Gasteiger partial charge in [-0.15, -0.1) is 0 Å². The van der Waals surface area contributed by atoms with Crippen LogP contribution < -0.4 is 5.32 Å². The molecule has 8 heteroatoms. The minimum atomic E-state index is -0.611. The molecule has 0 fully saturated rings. The Balaban J connectivity index is 2.19. The van der Waals surface area contributed by atoms with Gasteiger partial charge in [-0.25, -0.2) is 4.98 Å². The van der Waals surface area contributed by atoms with Gasteiger partial charge >= 0.3 is 0 Å². The van der Waals surface area contributed by atoms with Crippen LogP contribution in [0.5, 0.6) is 0 Å². The maximum absolute atomic E-state index is 11.9. The zero-order valence-corrected chi connectivity index (χ0v) is 12.2. The lowest BCUT2D eigenvalue weighted by Gasteiger charge is -2.05. The third-order valence-corrected chi connectivity index (χ3v) is 3.15. The number of amides is 1. The number of hydrogen-bond acceptors (Lipinski definition) is 4. The number of nitro groups is 1. The third kappa shape index (κ3) is 3.31. The second kappa shape index (κ2) is 5.98. The first-order chi connectivity index (χ1) is 9.47. The SMILES string of the molecule is O=C(Nc1ccc(Br)cn1)c1ccc([N+](=O)[O-])c(Cl)c1. The molecular weight excluding hydrogens is 350 g/mol. The van der Waals surface area contributed by atoms with Crippen molar-refractivity contribution in [3.05, 3.63) is 61.7 Å². The molecule has 0 bridgehead atoms. The molecule has 1 N–H and O–H groups in total. The highest BCUT2D eigenvalue weighted by Crippen LogP contribution is 2.25. The Hall–Kier alpha value is -1.99. The highest BCUT2D eigenvalue weighted by atomic mass is 79.9. The van der Waals surface area contributed by atoms with Crippen molar-refractivity contribution in [3.8, 4) is 0 Å². The maximum Gasteiger partial charge on any atom is 0.287 e. The van der Waals surface area contributed by atoms with Gasteiger partial charge in [-0.2, -0.15) is 0 Å². The van der Waals surface area contributed by atoms with Crippen molar-refractivity contribution in [1.29, 1.82) is 0 Å². The molecule has 0 saturated carbocycles. The van der Waals surface area contributed by atoms with Gasteiger partial charge in [-0.1, -0.05) is 11.6 Å². The number of aromatic nitrogens is 1. The van der Waals surface area contributed by atoms with Gasteiger partial charge in [0.25, 0.3) is 11.6 Å². The highest BCUT2D eigenvalue weighted by Gasteiger charge is 2.15. The summed E-state index contributed by atoms with van der Waals surface area (Å²) in [6.45, 7) is 0. The molecule has 1 amide bonds. The number of nitrogens with one attached hydrogen (secondary N) is 1. The number of pyridine rings is 1. The summed E-state index contributed by atoms with van der Waals surface area (Å²) in [6, 6.07) is 7.11. The molecule has 1 aromatic carbocycles. The topological polar surface area (TPSA) is 85.1 Å². The van der Waals surface area contributed by atoms with Crippen LogP contribution in [0.3, 0.4) is 0 Å². The molecule has 6 nitrogen and oxygen atoms in total. The van der Waals surface area contributed by atoms with Crippen LogP contribution in [0, 0.1) is 10.1 Å². The Morgan fingerprint density at radius 2 is 2.10 bits per heavy atom. The zero-order chi connectivity index (χ0) is 14.7. The predicted molar refractivity (Wildman–Crippen MR) is 78.0 cm³/mol. The van der Waals surface area contributed by atoms with Gasteiger partial charge < -0.3 is 5.32 Å². The summed E-state index contributed by atoms with van der Waals surface area (Å²) >= 11 is 8.98. The quantitative estimate of drug-likeness (QED) is 0.672. The van der Waals surface area contributed by atoms with Crippen molar-refractivity contribution in [3.63, 3.8) is 0 Å². The van der Waals surface area contributed by atoms with Gasteiger partial charge in [0, 0.05) is 22.3 Å². The van der Waals surface area contributed by atoms with E-state index in [-0.39, 0.29) is 16.3 Å². The molecule has 0 aliphatic carbocycles. The van der Waals surface area contributed by atoms with Gasteiger partial charge in [0.2, 0.25) is 0 Å². The summed E-state index contributed by atoms with van der Waals surface area (Å²) < 4.78 is 0.786. The van der Waals surface area contributed by atoms with Crippen LogP contribution in [0.1, 0.15) is 10.4 Å². The molecule has 1 aromatic heterocycles. The number of carbonyl (C=O) groups is 1. The summed E-state index contributed by atoms with van der Waals surface area (Å²) in [5, 5.41) is 13.1. The average molecular weight is 357 g/mol. The summed E-state index contributed by atoms with van der Waals surface area (Å²) in [7, 11) is 0. The van der Waals surface area contributed by atoms with E-state index in [4.69, 9.17) is 11.6 Å². The number of anilines is 1. The van der Waals surface area contributed by atoms with Gasteiger partial charge in [0.1, 0.15) is 10.8 Å². The van der Waals surface area contributed by atoms with Crippen LogP contribution in [0.2, 0.25) is 5.02 Å². The van der Waals surface area contributed by atoms with E-state index in [9.17, 15) is 14.9 Å². The summed E-state index contributed by atoms with van der Waals surface area (Å²) in [6.07, 6.45) is 1.54. The van der Waals surface area contributed by atoms with Crippen molar-refractivity contribution in [2.45, 2.75) is 0 Å². The van der Waals surface area contributed by atoms with Crippen molar-refractivity contribution < 1.29 is 9.72 Å². The molecule has 0 atom stereocenters. The van der Waals surface area contributed by atoms with Crippen LogP contribution >= 0.6 is 27.5 Å². The number of benzene rings is 1. The van der Waals surface area contributed by atoms with E-state index in [0.717, 1.165) is 4.47 Å². The lowest BCUT2D eigenvalue weighted by atomic mass is 10.2. The molecular formula is C12H7BrClN3O3. The highest BCUT2D eigenvalue weighted by molar-refractivity contribution is 9.10. The zero-order valence-electron chi connectivity index (χ0n) is 9.84. The molecule has 0 aliphatic rings. The molecule has 1 heterocycles. The lowest BCUT2D eigenvalue weighted by Crippen LogP contribution is -2.12. The Labute approximate surface area is 127 Å². The largest absolute Gasteiger partial charge is 0.307 e. The van der Waals surface area contributed by atoms with E-state index >= 15 is 0 Å². The van der Waals surface area contributed by atoms with Crippen molar-refractivity contribution in [2.24, 2.45) is 0 Å². The Morgan fingerprint density at radius 3 is 2.65 bits per heavy atom. The Bertz CT molecular complexity index is 676. The predicted octanol–water partition coefficient (Wildman–Crippen LogP) is 3.66. The second-order valence-electron chi connectivity index (χ2n) is 3.74. The van der Waals surface area contributed by atoms with Crippen LogP contribution in [0.15, 0.2) is 41.0 Å². The van der Waals surface area contributed by atoms with Gasteiger partial charge in [0.05, 0.1) is 4.92 Å². The average Bonchev–Trinajstić information content (AvgIpc) is 2.40. The number of halogens is 2. The first-order valence-electron chi connectivity index (χ1n) is 5.34. The monoisotopic (exact) mass is 355 g/mol. The second-order valence-corrected chi connectivity index (χ2v) is 5.06. The third-order valence-electron chi connectivity index (χ3n) is 2.38. The molecule has 102 valence electrons. The molecule has 0 radical (unpaired) electrons. The van der Waals surface area contributed by atoms with E-state index in [1.54, 1.807) is 18.3 Å². The van der Waals surface area contributed by atoms with E-state index in [1.807, 2.05) is 0 Å². The lowest BCUT2D eigenvalue weighted by molar-refractivity contribution is -0.384. The van der Waals surface area contributed by atoms with Gasteiger partial charge in [0.15, 0.2) is 0 Å². The molecule has 0 saturated heterocycles. The number of nitro benzene ring substituents is 1. The molecule has 0 unspecified atom stereocenters. The van der Waals surface area contributed by atoms with E-state index in [1.165, 1.54) is 18.2 Å². The maximum atomic E-state index is 11.9. The molecule has 0 aliphatic heterocycles. The summed E-state index contributed by atoms with van der Waals surface area (Å²) in [5.74, 6) is -0.0794. The summed E-state index contributed by atoms with van der Waals surface area (Å²) in [5.41, 5.74) is -0.0321.